The lowest BCUT2D eigenvalue weighted by Gasteiger charge is -2.03. The molecule has 0 aliphatic rings. The summed E-state index contributed by atoms with van der Waals surface area (Å²) >= 11 is 0. The molecule has 1 aromatic carbocycles. The molecule has 0 heterocycles. The van der Waals surface area contributed by atoms with E-state index in [9.17, 15) is 18.0 Å². The molecule has 0 aromatic heterocycles. The van der Waals surface area contributed by atoms with E-state index in [1.54, 1.807) is 18.2 Å². The van der Waals surface area contributed by atoms with E-state index in [-0.39, 0.29) is 6.61 Å². The van der Waals surface area contributed by atoms with Crippen LogP contribution < -0.4 is 0 Å². The molecule has 18 heavy (non-hydrogen) atoms. The van der Waals surface area contributed by atoms with Crippen LogP contribution in [0.1, 0.15) is 33.6 Å². The highest BCUT2D eigenvalue weighted by Crippen LogP contribution is 2.05. The molecule has 0 amide bonds. The molecule has 0 fully saturated rings. The molecule has 1 rings (SSSR count). The molecule has 0 saturated carbocycles. The number of ether oxygens (including phenoxy) is 1. The number of esters is 1. The van der Waals surface area contributed by atoms with Gasteiger partial charge in [-0.05, 0) is 25.0 Å². The summed E-state index contributed by atoms with van der Waals surface area (Å²) in [4.78, 5) is 22.1. The van der Waals surface area contributed by atoms with E-state index >= 15 is 0 Å². The van der Waals surface area contributed by atoms with Gasteiger partial charge in [0, 0.05) is 10.9 Å². The van der Waals surface area contributed by atoms with Crippen LogP contribution in [0.15, 0.2) is 24.3 Å². The zero-order valence-corrected chi connectivity index (χ0v) is 10.4. The van der Waals surface area contributed by atoms with E-state index in [4.69, 9.17) is 4.74 Å². The van der Waals surface area contributed by atoms with Crippen LogP contribution in [0.3, 0.4) is 0 Å². The molecule has 0 aliphatic carbocycles. The lowest BCUT2D eigenvalue weighted by Crippen LogP contribution is -2.07. The lowest BCUT2D eigenvalue weighted by atomic mass is 10.1. The highest BCUT2D eigenvalue weighted by atomic mass is 32.2. The Hall–Kier alpha value is -1.95. The van der Waals surface area contributed by atoms with Gasteiger partial charge < -0.3 is 4.74 Å². The molecule has 0 spiro atoms. The summed E-state index contributed by atoms with van der Waals surface area (Å²) < 4.78 is 25.3. The van der Waals surface area contributed by atoms with Crippen LogP contribution in [0.25, 0.3) is 0 Å². The van der Waals surface area contributed by atoms with Crippen molar-refractivity contribution in [2.45, 2.75) is 12.8 Å². The second kappa shape index (κ2) is 7.39. The molecule has 0 unspecified atom stereocenters. The molecule has 0 bridgehead atoms. The predicted molar refractivity (Wildman–Crippen MR) is 66.3 cm³/mol. The average Bonchev–Trinajstić information content (AvgIpc) is 2.37. The third-order valence-corrected chi connectivity index (χ3v) is 2.60. The van der Waals surface area contributed by atoms with Crippen molar-refractivity contribution in [3.63, 3.8) is 0 Å². The highest BCUT2D eigenvalue weighted by Gasteiger charge is 2.06. The molecule has 5 nitrogen and oxygen atoms in total. The van der Waals surface area contributed by atoms with E-state index in [2.05, 4.69) is 0 Å². The van der Waals surface area contributed by atoms with Crippen molar-refractivity contribution in [3.8, 4) is 0 Å². The normalized spacial score (nSPS) is 9.56. The number of benzene rings is 1. The third kappa shape index (κ3) is 4.92. The predicted octanol–water partition coefficient (Wildman–Crippen LogP) is 1.12. The summed E-state index contributed by atoms with van der Waals surface area (Å²) in [5.74, 6) is -0.526. The van der Waals surface area contributed by atoms with Crippen LogP contribution in [0.2, 0.25) is 0 Å². The molecule has 1 aromatic rings. The summed E-state index contributed by atoms with van der Waals surface area (Å²) in [5, 5.41) is 1.11. The lowest BCUT2D eigenvalue weighted by molar-refractivity contribution is 0.0502. The Bertz CT molecular complexity index is 552. The Balaban J connectivity index is 2.45. The standard InChI is InChI=1S/C12H12O5S/c13-9-10-4-3-5-11(8-10)12(14)17-6-1-2-7-18(15)16/h3-5,7-9H,1-2,6H2. The summed E-state index contributed by atoms with van der Waals surface area (Å²) in [5.41, 5.74) is 0.704. The van der Waals surface area contributed by atoms with Gasteiger partial charge in [0.2, 0.25) is 10.3 Å². The van der Waals surface area contributed by atoms with Crippen molar-refractivity contribution in [2.75, 3.05) is 6.61 Å². The molecule has 96 valence electrons. The minimum atomic E-state index is -2.17. The first-order valence-corrected chi connectivity index (χ1v) is 6.41. The monoisotopic (exact) mass is 268 g/mol. The van der Waals surface area contributed by atoms with Crippen molar-refractivity contribution in [2.24, 2.45) is 0 Å². The zero-order chi connectivity index (χ0) is 13.4. The SMILES string of the molecule is O=Cc1cccc(C(=O)OCCCC=S(=O)=O)c1. The van der Waals surface area contributed by atoms with Gasteiger partial charge in [-0.15, -0.1) is 0 Å². The van der Waals surface area contributed by atoms with Gasteiger partial charge in [-0.2, -0.15) is 8.42 Å². The van der Waals surface area contributed by atoms with Crippen molar-refractivity contribution < 1.29 is 22.7 Å². The van der Waals surface area contributed by atoms with E-state index in [1.165, 1.54) is 6.07 Å². The Morgan fingerprint density at radius 2 is 2.11 bits per heavy atom. The van der Waals surface area contributed by atoms with Crippen molar-refractivity contribution in [1.82, 2.24) is 0 Å². The minimum absolute atomic E-state index is 0.137. The van der Waals surface area contributed by atoms with Crippen molar-refractivity contribution in [3.05, 3.63) is 35.4 Å². The first-order valence-electron chi connectivity index (χ1n) is 5.27. The zero-order valence-electron chi connectivity index (χ0n) is 9.53. The summed E-state index contributed by atoms with van der Waals surface area (Å²) in [6.07, 6.45) is 1.42. The van der Waals surface area contributed by atoms with Gasteiger partial charge in [-0.25, -0.2) is 4.79 Å². The summed E-state index contributed by atoms with van der Waals surface area (Å²) in [6.45, 7) is 0.137. The smallest absolute Gasteiger partial charge is 0.338 e. The van der Waals surface area contributed by atoms with Gasteiger partial charge >= 0.3 is 5.97 Å². The van der Waals surface area contributed by atoms with E-state index in [0.717, 1.165) is 5.37 Å². The fourth-order valence-corrected chi connectivity index (χ4v) is 1.61. The number of rotatable bonds is 6. The van der Waals surface area contributed by atoms with Crippen molar-refractivity contribution >= 4 is 27.9 Å². The first kappa shape index (κ1) is 14.1. The average molecular weight is 268 g/mol. The maximum Gasteiger partial charge on any atom is 0.338 e. The number of carbonyl (C=O) groups is 2. The molecule has 0 atom stereocenters. The first-order chi connectivity index (χ1) is 8.63. The molecule has 6 heteroatoms. The van der Waals surface area contributed by atoms with Crippen LogP contribution in [0.4, 0.5) is 0 Å². The Kier molecular flexibility index (Phi) is 5.79. The summed E-state index contributed by atoms with van der Waals surface area (Å²) in [6, 6.07) is 6.17. The van der Waals surface area contributed by atoms with Crippen LogP contribution >= 0.6 is 0 Å². The van der Waals surface area contributed by atoms with Crippen LogP contribution in [0, 0.1) is 0 Å². The second-order valence-corrected chi connectivity index (χ2v) is 4.30. The Morgan fingerprint density at radius 3 is 2.78 bits per heavy atom. The molecular formula is C12H12O5S. The molecule has 0 radical (unpaired) electrons. The number of hydrogen-bond acceptors (Lipinski definition) is 5. The number of carbonyl (C=O) groups excluding carboxylic acids is 2. The maximum atomic E-state index is 11.5. The second-order valence-electron chi connectivity index (χ2n) is 3.45. The van der Waals surface area contributed by atoms with Crippen LogP contribution in [-0.4, -0.2) is 32.6 Å². The molecule has 0 aliphatic heterocycles. The number of hydrogen-bond donors (Lipinski definition) is 0. The van der Waals surface area contributed by atoms with Gasteiger partial charge in [0.05, 0.1) is 12.2 Å². The maximum absolute atomic E-state index is 11.5. The van der Waals surface area contributed by atoms with Gasteiger partial charge in [-0.3, -0.25) is 4.79 Å². The molecule has 0 saturated heterocycles. The van der Waals surface area contributed by atoms with Gasteiger partial charge in [-0.1, -0.05) is 12.1 Å². The fourth-order valence-electron chi connectivity index (χ4n) is 1.25. The van der Waals surface area contributed by atoms with E-state index in [1.807, 2.05) is 0 Å². The quantitative estimate of drug-likeness (QED) is 0.334. The van der Waals surface area contributed by atoms with Crippen LogP contribution in [0.5, 0.6) is 0 Å². The van der Waals surface area contributed by atoms with Gasteiger partial charge in [0.25, 0.3) is 0 Å². The highest BCUT2D eigenvalue weighted by molar-refractivity contribution is 7.71. The Labute approximate surface area is 106 Å². The van der Waals surface area contributed by atoms with E-state index < -0.39 is 16.3 Å². The largest absolute Gasteiger partial charge is 0.462 e. The van der Waals surface area contributed by atoms with Gasteiger partial charge in [0.15, 0.2) is 0 Å². The van der Waals surface area contributed by atoms with Crippen molar-refractivity contribution in [1.29, 1.82) is 0 Å². The summed E-state index contributed by atoms with van der Waals surface area (Å²) in [7, 11) is -2.17. The van der Waals surface area contributed by atoms with Crippen LogP contribution in [-0.2, 0) is 15.0 Å². The molecular weight excluding hydrogens is 256 g/mol. The molecule has 0 N–H and O–H groups in total. The minimum Gasteiger partial charge on any atom is -0.462 e. The number of unbranched alkanes of at least 4 members (excludes halogenated alkanes) is 1. The third-order valence-electron chi connectivity index (χ3n) is 2.09. The van der Waals surface area contributed by atoms with Gasteiger partial charge in [0.1, 0.15) is 6.29 Å². The topological polar surface area (TPSA) is 77.5 Å². The number of aldehydes is 1. The fraction of sp³-hybridized carbons (Fsp3) is 0.250. The Morgan fingerprint density at radius 1 is 1.33 bits per heavy atom. The van der Waals surface area contributed by atoms with E-state index in [0.29, 0.717) is 30.3 Å².